The minimum Gasteiger partial charge on any atom is -0.485 e. The first-order chi connectivity index (χ1) is 19.9. The van der Waals surface area contributed by atoms with Gasteiger partial charge >= 0.3 is 0 Å². The van der Waals surface area contributed by atoms with Crippen molar-refractivity contribution in [3.63, 3.8) is 0 Å². The van der Waals surface area contributed by atoms with E-state index in [4.69, 9.17) is 14.2 Å². The summed E-state index contributed by atoms with van der Waals surface area (Å²) in [5.41, 5.74) is 6.46. The lowest BCUT2D eigenvalue weighted by molar-refractivity contribution is 0.0933. The molecule has 0 radical (unpaired) electrons. The Labute approximate surface area is 243 Å². The average molecular weight is 545 g/mol. The molecule has 0 saturated carbocycles. The fraction of sp³-hybridized carbons (Fsp3) is 0.162. The quantitative estimate of drug-likeness (QED) is 0.148. The van der Waals surface area contributed by atoms with Crippen molar-refractivity contribution < 1.29 is 19.0 Å². The van der Waals surface area contributed by atoms with E-state index in [0.29, 0.717) is 29.4 Å². The lowest BCUT2D eigenvalue weighted by Crippen LogP contribution is -2.12. The highest BCUT2D eigenvalue weighted by molar-refractivity contribution is 6.01. The molecule has 0 amide bonds. The van der Waals surface area contributed by atoms with Gasteiger partial charge in [-0.15, -0.1) is 0 Å². The molecule has 0 atom stereocenters. The van der Waals surface area contributed by atoms with Crippen LogP contribution >= 0.6 is 0 Å². The second-order valence-electron chi connectivity index (χ2n) is 9.99. The molecule has 41 heavy (non-hydrogen) atoms. The molecule has 0 spiro atoms. The van der Waals surface area contributed by atoms with E-state index in [1.807, 2.05) is 86.6 Å². The van der Waals surface area contributed by atoms with Crippen LogP contribution in [0.4, 0.5) is 0 Å². The molecular formula is C37H36O4. The summed E-state index contributed by atoms with van der Waals surface area (Å²) in [6.07, 6.45) is 5.40. The van der Waals surface area contributed by atoms with Crippen molar-refractivity contribution in [3.8, 4) is 17.2 Å². The summed E-state index contributed by atoms with van der Waals surface area (Å²) in [7, 11) is 0. The fourth-order valence-corrected chi connectivity index (χ4v) is 4.17. The Morgan fingerprint density at radius 1 is 0.585 bits per heavy atom. The summed E-state index contributed by atoms with van der Waals surface area (Å²) in [6.45, 7) is 16.0. The third-order valence-electron chi connectivity index (χ3n) is 6.67. The minimum absolute atomic E-state index is 0.0336. The van der Waals surface area contributed by atoms with Crippen LogP contribution in [0.5, 0.6) is 17.2 Å². The first-order valence-corrected chi connectivity index (χ1v) is 13.7. The summed E-state index contributed by atoms with van der Waals surface area (Å²) in [6, 6.07) is 27.4. The normalized spacial score (nSPS) is 10.6. The van der Waals surface area contributed by atoms with Crippen molar-refractivity contribution >= 4 is 24.0 Å². The van der Waals surface area contributed by atoms with Crippen molar-refractivity contribution in [1.82, 2.24) is 0 Å². The molecule has 0 aliphatic carbocycles. The second-order valence-corrected chi connectivity index (χ2v) is 9.99. The molecule has 0 aliphatic rings. The lowest BCUT2D eigenvalue weighted by Gasteiger charge is -2.20. The monoisotopic (exact) mass is 544 g/mol. The van der Waals surface area contributed by atoms with Gasteiger partial charge in [-0.1, -0.05) is 125 Å². The van der Waals surface area contributed by atoms with Crippen molar-refractivity contribution in [2.75, 3.05) is 0 Å². The van der Waals surface area contributed by atoms with Crippen molar-refractivity contribution in [1.29, 1.82) is 0 Å². The molecule has 0 aromatic heterocycles. The molecule has 0 saturated heterocycles. The van der Waals surface area contributed by atoms with Gasteiger partial charge in [-0.3, -0.25) is 4.79 Å². The number of benzene rings is 4. The molecule has 4 aromatic carbocycles. The van der Waals surface area contributed by atoms with Gasteiger partial charge in [0, 0.05) is 5.92 Å². The summed E-state index contributed by atoms with van der Waals surface area (Å²) in [4.78, 5) is 13.3. The van der Waals surface area contributed by atoms with Gasteiger partial charge in [0.2, 0.25) is 5.75 Å². The average Bonchev–Trinajstić information content (AvgIpc) is 3.02. The number of ketones is 1. The lowest BCUT2D eigenvalue weighted by atomic mass is 9.99. The molecule has 0 N–H and O–H groups in total. The summed E-state index contributed by atoms with van der Waals surface area (Å²) in [5, 5.41) is 0. The Balaban J connectivity index is 1.70. The Morgan fingerprint density at radius 3 is 1.37 bits per heavy atom. The Morgan fingerprint density at radius 2 is 0.976 bits per heavy atom. The highest BCUT2D eigenvalue weighted by atomic mass is 16.5. The Bertz CT molecular complexity index is 1490. The number of ether oxygens (including phenoxy) is 3. The number of carbonyl (C=O) groups excluding carboxylic acids is 1. The van der Waals surface area contributed by atoms with E-state index in [9.17, 15) is 4.79 Å². The topological polar surface area (TPSA) is 44.8 Å². The summed E-state index contributed by atoms with van der Waals surface area (Å²) < 4.78 is 19.0. The molecule has 0 bridgehead atoms. The maximum Gasteiger partial charge on any atom is 0.204 e. The summed E-state index contributed by atoms with van der Waals surface area (Å²) >= 11 is 0. The van der Waals surface area contributed by atoms with Crippen LogP contribution in [0.15, 0.2) is 105 Å². The molecular weight excluding hydrogens is 508 g/mol. The van der Waals surface area contributed by atoms with E-state index < -0.39 is 0 Å². The highest BCUT2D eigenvalue weighted by Gasteiger charge is 2.24. The van der Waals surface area contributed by atoms with E-state index in [0.717, 1.165) is 33.4 Å². The molecule has 4 aromatic rings. The largest absolute Gasteiger partial charge is 0.485 e. The Hall–Kier alpha value is -4.83. The van der Waals surface area contributed by atoms with Gasteiger partial charge in [0.1, 0.15) is 19.8 Å². The van der Waals surface area contributed by atoms with Crippen LogP contribution in [0.1, 0.15) is 57.6 Å². The number of carbonyl (C=O) groups is 1. The van der Waals surface area contributed by atoms with E-state index >= 15 is 0 Å². The zero-order valence-electron chi connectivity index (χ0n) is 23.8. The highest BCUT2D eigenvalue weighted by Crippen LogP contribution is 2.42. The van der Waals surface area contributed by atoms with E-state index in [2.05, 4.69) is 19.7 Å². The number of hydrogen-bond donors (Lipinski definition) is 0. The number of Topliss-reactive ketones (excluding diaryl/α,β-unsaturated/α-hetero) is 1. The maximum atomic E-state index is 13.3. The Kier molecular flexibility index (Phi) is 9.95. The van der Waals surface area contributed by atoms with Crippen molar-refractivity contribution in [2.24, 2.45) is 5.92 Å². The van der Waals surface area contributed by atoms with E-state index in [-0.39, 0.29) is 24.9 Å². The maximum absolute atomic E-state index is 13.3. The van der Waals surface area contributed by atoms with E-state index in [1.54, 1.807) is 30.4 Å². The zero-order chi connectivity index (χ0) is 29.2. The van der Waals surface area contributed by atoms with Gasteiger partial charge < -0.3 is 14.2 Å². The molecule has 208 valence electrons. The first kappa shape index (κ1) is 29.2. The predicted molar refractivity (Wildman–Crippen MR) is 168 cm³/mol. The van der Waals surface area contributed by atoms with Gasteiger partial charge in [-0.2, -0.15) is 0 Å². The van der Waals surface area contributed by atoms with Gasteiger partial charge in [-0.25, -0.2) is 0 Å². The third-order valence-corrected chi connectivity index (χ3v) is 6.67. The van der Waals surface area contributed by atoms with Crippen LogP contribution in [0, 0.1) is 5.92 Å². The van der Waals surface area contributed by atoms with Gasteiger partial charge in [0.05, 0.1) is 5.56 Å². The third kappa shape index (κ3) is 7.64. The molecule has 0 heterocycles. The second kappa shape index (κ2) is 14.0. The van der Waals surface area contributed by atoms with Crippen LogP contribution in [-0.4, -0.2) is 5.78 Å². The molecule has 0 unspecified atom stereocenters. The van der Waals surface area contributed by atoms with Crippen LogP contribution in [-0.2, 0) is 19.8 Å². The predicted octanol–water partition coefficient (Wildman–Crippen LogP) is 9.19. The number of rotatable bonds is 14. The van der Waals surface area contributed by atoms with Crippen LogP contribution in [0.2, 0.25) is 0 Å². The van der Waals surface area contributed by atoms with Crippen LogP contribution < -0.4 is 14.2 Å². The minimum atomic E-state index is -0.223. The van der Waals surface area contributed by atoms with Crippen LogP contribution in [0.3, 0.4) is 0 Å². The summed E-state index contributed by atoms with van der Waals surface area (Å²) in [5.74, 6) is 1.01. The van der Waals surface area contributed by atoms with E-state index in [1.165, 1.54) is 0 Å². The molecule has 0 aliphatic heterocycles. The molecule has 0 fully saturated rings. The van der Waals surface area contributed by atoms with Gasteiger partial charge in [0.15, 0.2) is 17.3 Å². The SMILES string of the molecule is C=Cc1ccc(COc2ccc(C(=O)C(C)C)c(OCc3ccc(C=C)cc3)c2OCc2ccc(C=C)cc2)cc1. The molecule has 4 nitrogen and oxygen atoms in total. The first-order valence-electron chi connectivity index (χ1n) is 13.7. The van der Waals surface area contributed by atoms with Gasteiger partial charge in [0.25, 0.3) is 0 Å². The number of hydrogen-bond acceptors (Lipinski definition) is 4. The van der Waals surface area contributed by atoms with Gasteiger partial charge in [-0.05, 0) is 45.5 Å². The zero-order valence-corrected chi connectivity index (χ0v) is 23.8. The van der Waals surface area contributed by atoms with Crippen LogP contribution in [0.25, 0.3) is 18.2 Å². The molecule has 4 heteroatoms. The van der Waals surface area contributed by atoms with Crippen molar-refractivity contribution in [2.45, 2.75) is 33.7 Å². The fourth-order valence-electron chi connectivity index (χ4n) is 4.17. The smallest absolute Gasteiger partial charge is 0.204 e. The van der Waals surface area contributed by atoms with Crippen molar-refractivity contribution in [3.05, 3.63) is 144 Å². The molecule has 4 rings (SSSR count). The standard InChI is InChI=1S/C37H36O4/c1-6-27-9-15-30(16-10-27)23-39-34-22-21-33(35(38)26(4)5)36(40-24-31-17-11-28(7-2)12-18-31)37(34)41-25-32-19-13-29(8-3)14-20-32/h6-22,26H,1-3,23-25H2,4-5H3.